The van der Waals surface area contributed by atoms with E-state index >= 15 is 0 Å². The number of ether oxygens (including phenoxy) is 1. The van der Waals surface area contributed by atoms with Gasteiger partial charge in [-0.2, -0.15) is 4.68 Å². The average Bonchev–Trinajstić information content (AvgIpc) is 2.99. The van der Waals surface area contributed by atoms with Crippen LogP contribution in [0.2, 0.25) is 0 Å². The van der Waals surface area contributed by atoms with Crippen LogP contribution in [0.1, 0.15) is 24.5 Å². The monoisotopic (exact) mass is 338 g/mol. The molecule has 1 amide bonds. The molecule has 7 heteroatoms. The highest BCUT2D eigenvalue weighted by Gasteiger charge is 2.16. The molecule has 0 aliphatic heterocycles. The zero-order valence-corrected chi connectivity index (χ0v) is 13.9. The van der Waals surface area contributed by atoms with Crippen LogP contribution in [0.25, 0.3) is 5.69 Å². The molecule has 0 atom stereocenters. The number of carbonyl (C=O) groups excluding carboxylic acids is 1. The van der Waals surface area contributed by atoms with Crippen molar-refractivity contribution in [2.45, 2.75) is 20.0 Å². The number of benzene rings is 2. The molecule has 2 aromatic carbocycles. The number of nitrogens with zero attached hydrogens (tertiary/aromatic N) is 2. The van der Waals surface area contributed by atoms with Crippen LogP contribution in [0, 0.1) is 0 Å². The summed E-state index contributed by atoms with van der Waals surface area (Å²) in [6.07, 6.45) is -0.0323. The first-order chi connectivity index (χ1) is 12.0. The summed E-state index contributed by atoms with van der Waals surface area (Å²) in [5.41, 5.74) is 0.603. The van der Waals surface area contributed by atoms with Gasteiger partial charge in [-0.3, -0.25) is 9.78 Å². The topological polar surface area (TPSA) is 89.0 Å². The van der Waals surface area contributed by atoms with Crippen LogP contribution in [0.3, 0.4) is 0 Å². The maximum absolute atomic E-state index is 12.4. The Balaban J connectivity index is 1.85. The van der Waals surface area contributed by atoms with Gasteiger partial charge in [-0.15, -0.1) is 5.10 Å². The lowest BCUT2D eigenvalue weighted by Gasteiger charge is -2.14. The van der Waals surface area contributed by atoms with Crippen molar-refractivity contribution in [1.29, 1.82) is 0 Å². The van der Waals surface area contributed by atoms with Crippen LogP contribution in [-0.2, 0) is 0 Å². The van der Waals surface area contributed by atoms with Gasteiger partial charge in [0.05, 0.1) is 17.5 Å². The molecule has 0 bridgehead atoms. The predicted molar refractivity (Wildman–Crippen MR) is 94.3 cm³/mol. The first-order valence-electron chi connectivity index (χ1n) is 7.86. The molecule has 0 spiro atoms. The quantitative estimate of drug-likeness (QED) is 0.748. The third-order valence-corrected chi connectivity index (χ3v) is 3.33. The summed E-state index contributed by atoms with van der Waals surface area (Å²) in [6, 6.07) is 16.0. The summed E-state index contributed by atoms with van der Waals surface area (Å²) in [4.78, 5) is 27.0. The van der Waals surface area contributed by atoms with Gasteiger partial charge in [0.15, 0.2) is 0 Å². The Kier molecular flexibility index (Phi) is 4.65. The second-order valence-electron chi connectivity index (χ2n) is 5.64. The number of hydrogen-bond acceptors (Lipinski definition) is 4. The lowest BCUT2D eigenvalue weighted by molar-refractivity contribution is 0.101. The number of nitrogens with one attached hydrogen (secondary N) is 2. The number of para-hydroxylation sites is 3. The molecule has 1 heterocycles. The van der Waals surface area contributed by atoms with Crippen LogP contribution in [0.15, 0.2) is 59.4 Å². The number of amides is 1. The van der Waals surface area contributed by atoms with E-state index in [1.807, 2.05) is 26.0 Å². The van der Waals surface area contributed by atoms with Crippen molar-refractivity contribution >= 4 is 11.6 Å². The van der Waals surface area contributed by atoms with Crippen molar-refractivity contribution in [3.8, 4) is 11.4 Å². The Morgan fingerprint density at radius 2 is 1.80 bits per heavy atom. The lowest BCUT2D eigenvalue weighted by atomic mass is 10.3. The number of aromatic amines is 1. The molecule has 0 aliphatic carbocycles. The molecular weight excluding hydrogens is 320 g/mol. The molecular formula is C18H18N4O3. The van der Waals surface area contributed by atoms with E-state index in [2.05, 4.69) is 15.4 Å². The van der Waals surface area contributed by atoms with E-state index in [-0.39, 0.29) is 11.9 Å². The Bertz CT molecular complexity index is 929. The second kappa shape index (κ2) is 7.04. The highest BCUT2D eigenvalue weighted by atomic mass is 16.5. The van der Waals surface area contributed by atoms with Gasteiger partial charge < -0.3 is 10.1 Å². The van der Waals surface area contributed by atoms with E-state index < -0.39 is 11.6 Å². The third-order valence-electron chi connectivity index (χ3n) is 3.33. The van der Waals surface area contributed by atoms with Gasteiger partial charge in [0.1, 0.15) is 5.75 Å². The number of H-pyrrole nitrogens is 1. The van der Waals surface area contributed by atoms with E-state index in [0.717, 1.165) is 4.68 Å². The maximum atomic E-state index is 12.4. The van der Waals surface area contributed by atoms with Crippen molar-refractivity contribution in [1.82, 2.24) is 14.8 Å². The minimum atomic E-state index is -0.522. The van der Waals surface area contributed by atoms with Crippen LogP contribution in [-0.4, -0.2) is 26.8 Å². The average molecular weight is 338 g/mol. The first kappa shape index (κ1) is 16.5. The van der Waals surface area contributed by atoms with Crippen molar-refractivity contribution in [3.63, 3.8) is 0 Å². The van der Waals surface area contributed by atoms with Gasteiger partial charge in [0.25, 0.3) is 5.91 Å². The summed E-state index contributed by atoms with van der Waals surface area (Å²) in [5.74, 6) is -0.0459. The van der Waals surface area contributed by atoms with Crippen molar-refractivity contribution in [2.24, 2.45) is 0 Å². The molecule has 7 nitrogen and oxygen atoms in total. The largest absolute Gasteiger partial charge is 0.489 e. The van der Waals surface area contributed by atoms with Crippen molar-refractivity contribution in [2.75, 3.05) is 5.32 Å². The third kappa shape index (κ3) is 3.77. The predicted octanol–water partition coefficient (Wildman–Crippen LogP) is 2.60. The SMILES string of the molecule is CC(C)Oc1ccccc1NC(=O)c1nn(-c2ccccc2)c(=O)[nH]1. The normalized spacial score (nSPS) is 10.7. The molecule has 0 fully saturated rings. The smallest absolute Gasteiger partial charge is 0.348 e. The zero-order valence-electron chi connectivity index (χ0n) is 13.9. The summed E-state index contributed by atoms with van der Waals surface area (Å²) >= 11 is 0. The lowest BCUT2D eigenvalue weighted by Crippen LogP contribution is -2.16. The van der Waals surface area contributed by atoms with E-state index in [4.69, 9.17) is 4.74 Å². The van der Waals surface area contributed by atoms with Gasteiger partial charge in [-0.05, 0) is 38.1 Å². The Hall–Kier alpha value is -3.35. The van der Waals surface area contributed by atoms with Crippen molar-refractivity contribution < 1.29 is 9.53 Å². The zero-order chi connectivity index (χ0) is 17.8. The number of anilines is 1. The molecule has 0 unspecified atom stereocenters. The number of carbonyl (C=O) groups is 1. The highest BCUT2D eigenvalue weighted by molar-refractivity contribution is 6.02. The summed E-state index contributed by atoms with van der Waals surface area (Å²) in [6.45, 7) is 3.80. The van der Waals surface area contributed by atoms with Gasteiger partial charge in [-0.1, -0.05) is 30.3 Å². The Morgan fingerprint density at radius 1 is 1.12 bits per heavy atom. The van der Waals surface area contributed by atoms with E-state index in [1.165, 1.54) is 0 Å². The van der Waals surface area contributed by atoms with Gasteiger partial charge in [0, 0.05) is 0 Å². The Morgan fingerprint density at radius 3 is 2.52 bits per heavy atom. The van der Waals surface area contributed by atoms with Crippen LogP contribution < -0.4 is 15.7 Å². The van der Waals surface area contributed by atoms with Gasteiger partial charge >= 0.3 is 5.69 Å². The molecule has 25 heavy (non-hydrogen) atoms. The summed E-state index contributed by atoms with van der Waals surface area (Å²) < 4.78 is 6.81. The Labute approximate surface area is 144 Å². The number of rotatable bonds is 5. The molecule has 0 radical (unpaired) electrons. The molecule has 3 aromatic rings. The second-order valence-corrected chi connectivity index (χ2v) is 5.64. The molecule has 3 rings (SSSR count). The number of aromatic nitrogens is 3. The molecule has 128 valence electrons. The van der Waals surface area contributed by atoms with E-state index in [1.54, 1.807) is 42.5 Å². The fourth-order valence-electron chi connectivity index (χ4n) is 2.28. The molecule has 1 aromatic heterocycles. The van der Waals surface area contributed by atoms with Crippen molar-refractivity contribution in [3.05, 3.63) is 70.9 Å². The van der Waals surface area contributed by atoms with Gasteiger partial charge in [0.2, 0.25) is 5.82 Å². The van der Waals surface area contributed by atoms with Crippen LogP contribution >= 0.6 is 0 Å². The van der Waals surface area contributed by atoms with Gasteiger partial charge in [-0.25, -0.2) is 4.79 Å². The molecule has 0 saturated heterocycles. The number of hydrogen-bond donors (Lipinski definition) is 2. The standard InChI is InChI=1S/C18H18N4O3/c1-12(2)25-15-11-7-6-10-14(15)19-17(23)16-20-18(24)22(21-16)13-8-4-3-5-9-13/h3-12H,1-2H3,(H,19,23)(H,20,21,24). The molecule has 0 saturated carbocycles. The van der Waals surface area contributed by atoms with E-state index in [9.17, 15) is 9.59 Å². The minimum absolute atomic E-state index is 0.0323. The van der Waals surface area contributed by atoms with E-state index in [0.29, 0.717) is 17.1 Å². The summed E-state index contributed by atoms with van der Waals surface area (Å²) in [7, 11) is 0. The highest BCUT2D eigenvalue weighted by Crippen LogP contribution is 2.25. The van der Waals surface area contributed by atoms with Crippen LogP contribution in [0.4, 0.5) is 5.69 Å². The first-order valence-corrected chi connectivity index (χ1v) is 7.86. The molecule has 2 N–H and O–H groups in total. The summed E-state index contributed by atoms with van der Waals surface area (Å²) in [5, 5.41) is 6.78. The fraction of sp³-hybridized carbons (Fsp3) is 0.167. The molecule has 0 aliphatic rings. The minimum Gasteiger partial charge on any atom is -0.489 e. The van der Waals surface area contributed by atoms with Crippen LogP contribution in [0.5, 0.6) is 5.75 Å². The maximum Gasteiger partial charge on any atom is 0.348 e. The fourth-order valence-corrected chi connectivity index (χ4v) is 2.28.